The number of halogens is 2. The van der Waals surface area contributed by atoms with E-state index < -0.39 is 11.8 Å². The number of benzene rings is 3. The summed E-state index contributed by atoms with van der Waals surface area (Å²) in [5, 5.41) is 22.6. The molecule has 31 heavy (non-hydrogen) atoms. The highest BCUT2D eigenvalue weighted by molar-refractivity contribution is 6.31. The quantitative estimate of drug-likeness (QED) is 0.533. The normalized spacial score (nSPS) is 20.7. The maximum Gasteiger partial charge on any atom is 0.332 e. The molecule has 3 aromatic rings. The van der Waals surface area contributed by atoms with Crippen LogP contribution in [0, 0.1) is 11.3 Å². The summed E-state index contributed by atoms with van der Waals surface area (Å²) in [7, 11) is 0. The van der Waals surface area contributed by atoms with Gasteiger partial charge in [0, 0.05) is 27.0 Å². The van der Waals surface area contributed by atoms with Crippen LogP contribution < -0.4 is 9.80 Å². The first-order valence-corrected chi connectivity index (χ1v) is 10.5. The average Bonchev–Trinajstić information content (AvgIpc) is 3.02. The molecule has 4 rings (SSSR count). The molecule has 3 aromatic carbocycles. The molecule has 7 heteroatoms. The van der Waals surface area contributed by atoms with Gasteiger partial charge in [0.15, 0.2) is 5.72 Å². The summed E-state index contributed by atoms with van der Waals surface area (Å²) >= 11 is 12.1. The van der Waals surface area contributed by atoms with Crippen molar-refractivity contribution < 1.29 is 9.90 Å². The SMILES string of the molecule is CC[C@@H]1N(c2ccc(Cl)cc2)C(=O)N(c2ccc(Cl)cc2)C1(O)c1cccc(C#N)c1. The number of hydrogen-bond acceptors (Lipinski definition) is 3. The van der Waals surface area contributed by atoms with Crippen LogP contribution in [-0.2, 0) is 5.72 Å². The lowest BCUT2D eigenvalue weighted by atomic mass is 9.91. The fraction of sp³-hybridized carbons (Fsp3) is 0.167. The molecule has 1 N–H and O–H groups in total. The van der Waals surface area contributed by atoms with Gasteiger partial charge in [-0.25, -0.2) is 4.79 Å². The van der Waals surface area contributed by atoms with Crippen molar-refractivity contribution in [2.45, 2.75) is 25.1 Å². The average molecular weight is 452 g/mol. The third kappa shape index (κ3) is 3.53. The first-order chi connectivity index (χ1) is 14.9. The zero-order chi connectivity index (χ0) is 22.2. The molecular weight excluding hydrogens is 433 g/mol. The van der Waals surface area contributed by atoms with Gasteiger partial charge in [0.2, 0.25) is 0 Å². The molecule has 0 bridgehead atoms. The van der Waals surface area contributed by atoms with Crippen molar-refractivity contribution in [2.75, 3.05) is 9.80 Å². The third-order valence-corrected chi connectivity index (χ3v) is 6.01. The van der Waals surface area contributed by atoms with Gasteiger partial charge in [0.25, 0.3) is 0 Å². The fourth-order valence-corrected chi connectivity index (χ4v) is 4.36. The Morgan fingerprint density at radius 3 is 2.13 bits per heavy atom. The molecule has 0 aromatic heterocycles. The second kappa shape index (κ2) is 8.24. The van der Waals surface area contributed by atoms with Crippen LogP contribution in [0.2, 0.25) is 10.0 Å². The smallest absolute Gasteiger partial charge is 0.332 e. The van der Waals surface area contributed by atoms with Crippen LogP contribution in [0.25, 0.3) is 0 Å². The van der Waals surface area contributed by atoms with Crippen molar-refractivity contribution in [3.8, 4) is 6.07 Å². The van der Waals surface area contributed by atoms with E-state index in [-0.39, 0.29) is 6.03 Å². The number of hydrogen-bond donors (Lipinski definition) is 1. The standard InChI is InChI=1S/C24H19Cl2N3O2/c1-2-22-24(31,17-5-3-4-16(14-17)15-27)29(21-12-8-19(26)9-13-21)23(30)28(22)20-10-6-18(25)7-11-20/h3-14,22,31H,2H2,1H3/t22-,24?/m0/s1. The Bertz CT molecular complexity index is 1160. The Labute approximate surface area is 190 Å². The molecule has 2 amide bonds. The van der Waals surface area contributed by atoms with Crippen LogP contribution in [0.4, 0.5) is 16.2 Å². The molecule has 1 saturated heterocycles. The minimum atomic E-state index is -1.72. The van der Waals surface area contributed by atoms with Crippen LogP contribution in [0.1, 0.15) is 24.5 Å². The van der Waals surface area contributed by atoms with Gasteiger partial charge in [-0.2, -0.15) is 5.26 Å². The van der Waals surface area contributed by atoms with E-state index in [4.69, 9.17) is 23.2 Å². The number of anilines is 2. The van der Waals surface area contributed by atoms with E-state index in [1.165, 1.54) is 4.90 Å². The zero-order valence-corrected chi connectivity index (χ0v) is 18.2. The minimum Gasteiger partial charge on any atom is -0.365 e. The molecule has 156 valence electrons. The van der Waals surface area contributed by atoms with E-state index in [9.17, 15) is 15.2 Å². The minimum absolute atomic E-state index is 0.388. The number of nitriles is 1. The van der Waals surface area contributed by atoms with E-state index in [2.05, 4.69) is 6.07 Å². The Kier molecular flexibility index (Phi) is 5.63. The van der Waals surface area contributed by atoms with E-state index in [1.807, 2.05) is 6.92 Å². The van der Waals surface area contributed by atoms with Gasteiger partial charge in [-0.15, -0.1) is 0 Å². The zero-order valence-electron chi connectivity index (χ0n) is 16.7. The monoisotopic (exact) mass is 451 g/mol. The molecule has 1 fully saturated rings. The Balaban J connectivity index is 1.95. The molecule has 0 radical (unpaired) electrons. The summed E-state index contributed by atoms with van der Waals surface area (Å²) in [6, 6.07) is 21.4. The maximum atomic E-state index is 13.7. The molecule has 0 saturated carbocycles. The molecule has 1 aliphatic heterocycles. The highest BCUT2D eigenvalue weighted by atomic mass is 35.5. The van der Waals surface area contributed by atoms with Crippen LogP contribution in [-0.4, -0.2) is 17.2 Å². The number of aliphatic hydroxyl groups is 1. The first-order valence-electron chi connectivity index (χ1n) is 9.77. The lowest BCUT2D eigenvalue weighted by molar-refractivity contribution is 0.0307. The van der Waals surface area contributed by atoms with Gasteiger partial charge in [-0.3, -0.25) is 9.80 Å². The topological polar surface area (TPSA) is 67.6 Å². The Hall–Kier alpha value is -3.04. The lowest BCUT2D eigenvalue weighted by Crippen LogP contribution is -2.49. The largest absolute Gasteiger partial charge is 0.365 e. The van der Waals surface area contributed by atoms with Crippen molar-refractivity contribution in [3.63, 3.8) is 0 Å². The Morgan fingerprint density at radius 1 is 1.00 bits per heavy atom. The van der Waals surface area contributed by atoms with Crippen LogP contribution >= 0.6 is 23.2 Å². The van der Waals surface area contributed by atoms with Crippen molar-refractivity contribution in [3.05, 3.63) is 94.0 Å². The van der Waals surface area contributed by atoms with Gasteiger partial charge in [-0.05, 0) is 67.1 Å². The number of nitrogens with zero attached hydrogens (tertiary/aromatic N) is 3. The molecule has 2 atom stereocenters. The van der Waals surface area contributed by atoms with Crippen molar-refractivity contribution in [1.29, 1.82) is 5.26 Å². The highest BCUT2D eigenvalue weighted by Gasteiger charge is 2.58. The summed E-state index contributed by atoms with van der Waals surface area (Å²) in [6.07, 6.45) is 0.464. The number of amides is 2. The van der Waals surface area contributed by atoms with E-state index >= 15 is 0 Å². The molecule has 1 aliphatic rings. The van der Waals surface area contributed by atoms with Gasteiger partial charge in [0.1, 0.15) is 0 Å². The molecule has 1 unspecified atom stereocenters. The van der Waals surface area contributed by atoms with Gasteiger partial charge >= 0.3 is 6.03 Å². The number of carbonyl (C=O) groups is 1. The van der Waals surface area contributed by atoms with Crippen LogP contribution in [0.5, 0.6) is 0 Å². The first kappa shape index (κ1) is 21.2. The van der Waals surface area contributed by atoms with Crippen LogP contribution in [0.3, 0.4) is 0 Å². The Morgan fingerprint density at radius 2 is 1.58 bits per heavy atom. The summed E-state index contributed by atoms with van der Waals surface area (Å²) in [5.41, 5.74) is 0.251. The maximum absolute atomic E-state index is 13.7. The summed E-state index contributed by atoms with van der Waals surface area (Å²) in [5.74, 6) is 0. The summed E-state index contributed by atoms with van der Waals surface area (Å²) in [6.45, 7) is 1.91. The van der Waals surface area contributed by atoms with Crippen molar-refractivity contribution in [1.82, 2.24) is 0 Å². The molecular formula is C24H19Cl2N3O2. The predicted octanol–water partition coefficient (Wildman–Crippen LogP) is 5.94. The lowest BCUT2D eigenvalue weighted by Gasteiger charge is -2.37. The van der Waals surface area contributed by atoms with Gasteiger partial charge < -0.3 is 5.11 Å². The molecule has 0 spiro atoms. The number of carbonyl (C=O) groups excluding carboxylic acids is 1. The summed E-state index contributed by atoms with van der Waals surface area (Å²) < 4.78 is 0. The second-order valence-corrected chi connectivity index (χ2v) is 8.16. The summed E-state index contributed by atoms with van der Waals surface area (Å²) in [4.78, 5) is 16.7. The number of urea groups is 1. The van der Waals surface area contributed by atoms with E-state index in [1.54, 1.807) is 77.7 Å². The molecule has 0 aliphatic carbocycles. The van der Waals surface area contributed by atoms with E-state index in [0.29, 0.717) is 39.0 Å². The number of rotatable bonds is 4. The van der Waals surface area contributed by atoms with Crippen molar-refractivity contribution in [2.24, 2.45) is 0 Å². The van der Waals surface area contributed by atoms with Gasteiger partial charge in [0.05, 0.1) is 17.7 Å². The van der Waals surface area contributed by atoms with Crippen molar-refractivity contribution >= 4 is 40.6 Å². The molecule has 5 nitrogen and oxygen atoms in total. The molecule has 1 heterocycles. The second-order valence-electron chi connectivity index (χ2n) is 7.28. The van der Waals surface area contributed by atoms with E-state index in [0.717, 1.165) is 0 Å². The predicted molar refractivity (Wildman–Crippen MR) is 122 cm³/mol. The third-order valence-electron chi connectivity index (χ3n) is 5.51. The fourth-order valence-electron chi connectivity index (χ4n) is 4.11. The van der Waals surface area contributed by atoms with Gasteiger partial charge in [-0.1, -0.05) is 42.3 Å². The van der Waals surface area contributed by atoms with Crippen LogP contribution in [0.15, 0.2) is 72.8 Å². The highest BCUT2D eigenvalue weighted by Crippen LogP contribution is 2.46.